The van der Waals surface area contributed by atoms with Gasteiger partial charge in [0, 0.05) is 25.0 Å². The lowest BCUT2D eigenvalue weighted by Gasteiger charge is -2.08. The molecule has 1 heterocycles. The van der Waals surface area contributed by atoms with Crippen LogP contribution in [0.4, 0.5) is 15.8 Å². The van der Waals surface area contributed by atoms with Gasteiger partial charge in [-0.3, -0.25) is 4.79 Å². The van der Waals surface area contributed by atoms with Crippen molar-refractivity contribution in [2.45, 2.75) is 13.5 Å². The quantitative estimate of drug-likeness (QED) is 0.776. The molecule has 0 atom stereocenters. The van der Waals surface area contributed by atoms with Crippen LogP contribution in [-0.2, 0) is 11.3 Å². The Morgan fingerprint density at radius 3 is 3.00 bits per heavy atom. The lowest BCUT2D eigenvalue weighted by atomic mass is 10.2. The molecule has 3 N–H and O–H groups in total. The summed E-state index contributed by atoms with van der Waals surface area (Å²) in [5.74, 6) is 0.00577. The van der Waals surface area contributed by atoms with Gasteiger partial charge in [0.2, 0.25) is 5.91 Å². The van der Waals surface area contributed by atoms with Crippen LogP contribution in [0.3, 0.4) is 0 Å². The monoisotopic (exact) mass is 248 g/mol. The van der Waals surface area contributed by atoms with Crippen molar-refractivity contribution < 1.29 is 9.18 Å². The molecule has 0 aliphatic carbocycles. The van der Waals surface area contributed by atoms with E-state index in [1.165, 1.54) is 13.0 Å². The van der Waals surface area contributed by atoms with Gasteiger partial charge in [-0.1, -0.05) is 0 Å². The molecule has 0 radical (unpaired) electrons. The van der Waals surface area contributed by atoms with Crippen LogP contribution in [0.2, 0.25) is 0 Å². The first-order valence-corrected chi connectivity index (χ1v) is 5.44. The number of halogens is 1. The zero-order valence-corrected chi connectivity index (χ0v) is 9.83. The van der Waals surface area contributed by atoms with Crippen LogP contribution in [0, 0.1) is 5.82 Å². The number of hydrogen-bond donors (Lipinski definition) is 3. The number of benzene rings is 1. The van der Waals surface area contributed by atoms with Crippen molar-refractivity contribution in [1.29, 1.82) is 0 Å². The Kier molecular flexibility index (Phi) is 3.57. The smallest absolute Gasteiger partial charge is 0.221 e. The number of aromatic nitrogens is 2. The Hall–Kier alpha value is -2.37. The van der Waals surface area contributed by atoms with E-state index in [-0.39, 0.29) is 11.6 Å². The summed E-state index contributed by atoms with van der Waals surface area (Å²) < 4.78 is 13.4. The Bertz CT molecular complexity index is 539. The Labute approximate surface area is 103 Å². The van der Waals surface area contributed by atoms with Gasteiger partial charge >= 0.3 is 0 Å². The number of nitrogens with one attached hydrogen (secondary N) is 3. The summed E-state index contributed by atoms with van der Waals surface area (Å²) in [6, 6.07) is 4.44. The first-order valence-electron chi connectivity index (χ1n) is 5.44. The van der Waals surface area contributed by atoms with E-state index in [9.17, 15) is 9.18 Å². The molecule has 0 bridgehead atoms. The topological polar surface area (TPSA) is 69.8 Å². The molecule has 1 aromatic carbocycles. The van der Waals surface area contributed by atoms with E-state index in [0.29, 0.717) is 12.2 Å². The van der Waals surface area contributed by atoms with Crippen LogP contribution >= 0.6 is 0 Å². The molecule has 0 aliphatic rings. The van der Waals surface area contributed by atoms with Gasteiger partial charge in [-0.05, 0) is 18.2 Å². The lowest BCUT2D eigenvalue weighted by Crippen LogP contribution is -2.08. The van der Waals surface area contributed by atoms with E-state index in [2.05, 4.69) is 20.6 Å². The lowest BCUT2D eigenvalue weighted by molar-refractivity contribution is -0.114. The summed E-state index contributed by atoms with van der Waals surface area (Å²) >= 11 is 0. The maximum absolute atomic E-state index is 13.4. The first kappa shape index (κ1) is 12.1. The highest BCUT2D eigenvalue weighted by molar-refractivity contribution is 5.89. The van der Waals surface area contributed by atoms with Gasteiger partial charge in [0.15, 0.2) is 0 Å². The van der Waals surface area contributed by atoms with Crippen LogP contribution in [0.15, 0.2) is 30.6 Å². The van der Waals surface area contributed by atoms with Gasteiger partial charge in [-0.2, -0.15) is 0 Å². The predicted octanol–water partition coefficient (Wildman–Crippen LogP) is 2.12. The summed E-state index contributed by atoms with van der Waals surface area (Å²) in [4.78, 5) is 17.9. The second-order valence-corrected chi connectivity index (χ2v) is 3.77. The van der Waals surface area contributed by atoms with Gasteiger partial charge < -0.3 is 15.6 Å². The molecule has 6 heteroatoms. The molecule has 0 unspecified atom stereocenters. The van der Waals surface area contributed by atoms with Crippen molar-refractivity contribution in [3.05, 3.63) is 42.2 Å². The predicted molar refractivity (Wildman–Crippen MR) is 66.6 cm³/mol. The number of carbonyl (C=O) groups is 1. The molecule has 0 fully saturated rings. The SMILES string of the molecule is CC(=O)Nc1cc(NCc2ncc[nH]2)ccc1F. The molecule has 2 rings (SSSR count). The van der Waals surface area contributed by atoms with Crippen LogP contribution < -0.4 is 10.6 Å². The number of amides is 1. The molecule has 94 valence electrons. The summed E-state index contributed by atoms with van der Waals surface area (Å²) in [6.45, 7) is 1.83. The highest BCUT2D eigenvalue weighted by Gasteiger charge is 2.05. The van der Waals surface area contributed by atoms with E-state index < -0.39 is 5.82 Å². The highest BCUT2D eigenvalue weighted by Crippen LogP contribution is 2.19. The van der Waals surface area contributed by atoms with Crippen LogP contribution in [-0.4, -0.2) is 15.9 Å². The highest BCUT2D eigenvalue weighted by atomic mass is 19.1. The second kappa shape index (κ2) is 5.31. The van der Waals surface area contributed by atoms with Gasteiger partial charge in [0.05, 0.1) is 12.2 Å². The molecule has 1 aromatic heterocycles. The average molecular weight is 248 g/mol. The van der Waals surface area contributed by atoms with Crippen molar-refractivity contribution >= 4 is 17.3 Å². The normalized spacial score (nSPS) is 10.1. The molecule has 1 amide bonds. The average Bonchev–Trinajstić information content (AvgIpc) is 2.82. The third-order valence-corrected chi connectivity index (χ3v) is 2.29. The summed E-state index contributed by atoms with van der Waals surface area (Å²) in [6.07, 6.45) is 3.38. The molecule has 5 nitrogen and oxygen atoms in total. The maximum Gasteiger partial charge on any atom is 0.221 e. The fraction of sp³-hybridized carbons (Fsp3) is 0.167. The fourth-order valence-corrected chi connectivity index (χ4v) is 1.50. The second-order valence-electron chi connectivity index (χ2n) is 3.77. The number of anilines is 2. The molecule has 0 aliphatic heterocycles. The number of nitrogens with zero attached hydrogens (tertiary/aromatic N) is 1. The van der Waals surface area contributed by atoms with E-state index in [1.54, 1.807) is 24.5 Å². The maximum atomic E-state index is 13.4. The Balaban J connectivity index is 2.06. The van der Waals surface area contributed by atoms with E-state index in [4.69, 9.17) is 0 Å². The molecular weight excluding hydrogens is 235 g/mol. The van der Waals surface area contributed by atoms with Crippen molar-refractivity contribution in [1.82, 2.24) is 9.97 Å². The minimum Gasteiger partial charge on any atom is -0.378 e. The van der Waals surface area contributed by atoms with Crippen molar-refractivity contribution in [2.75, 3.05) is 10.6 Å². The minimum atomic E-state index is -0.464. The van der Waals surface area contributed by atoms with Crippen molar-refractivity contribution in [3.63, 3.8) is 0 Å². The third kappa shape index (κ3) is 3.07. The van der Waals surface area contributed by atoms with Gasteiger partial charge in [0.1, 0.15) is 11.6 Å². The van der Waals surface area contributed by atoms with Gasteiger partial charge in [-0.25, -0.2) is 9.37 Å². The number of hydrogen-bond acceptors (Lipinski definition) is 3. The molecular formula is C12H13FN4O. The van der Waals surface area contributed by atoms with E-state index >= 15 is 0 Å². The molecule has 0 saturated carbocycles. The van der Waals surface area contributed by atoms with Gasteiger partial charge in [-0.15, -0.1) is 0 Å². The summed E-state index contributed by atoms with van der Waals surface area (Å²) in [7, 11) is 0. The number of carbonyl (C=O) groups excluding carboxylic acids is 1. The molecule has 18 heavy (non-hydrogen) atoms. The Morgan fingerprint density at radius 1 is 1.50 bits per heavy atom. The summed E-state index contributed by atoms with van der Waals surface area (Å²) in [5.41, 5.74) is 0.864. The number of H-pyrrole nitrogens is 1. The third-order valence-electron chi connectivity index (χ3n) is 2.29. The van der Waals surface area contributed by atoms with Crippen LogP contribution in [0.25, 0.3) is 0 Å². The van der Waals surface area contributed by atoms with Crippen molar-refractivity contribution in [2.24, 2.45) is 0 Å². The summed E-state index contributed by atoms with van der Waals surface area (Å²) in [5, 5.41) is 5.51. The molecule has 0 saturated heterocycles. The number of aromatic amines is 1. The van der Waals surface area contributed by atoms with E-state index in [1.807, 2.05) is 0 Å². The number of imidazole rings is 1. The Morgan fingerprint density at radius 2 is 2.33 bits per heavy atom. The van der Waals surface area contributed by atoms with Crippen LogP contribution in [0.5, 0.6) is 0 Å². The van der Waals surface area contributed by atoms with Crippen LogP contribution in [0.1, 0.15) is 12.7 Å². The first-order chi connectivity index (χ1) is 8.65. The van der Waals surface area contributed by atoms with Crippen molar-refractivity contribution in [3.8, 4) is 0 Å². The van der Waals surface area contributed by atoms with Gasteiger partial charge in [0.25, 0.3) is 0 Å². The zero-order chi connectivity index (χ0) is 13.0. The minimum absolute atomic E-state index is 0.159. The fourth-order valence-electron chi connectivity index (χ4n) is 1.50. The van der Waals surface area contributed by atoms with E-state index in [0.717, 1.165) is 5.82 Å². The number of rotatable bonds is 4. The zero-order valence-electron chi connectivity index (χ0n) is 9.83. The molecule has 0 spiro atoms. The molecule has 2 aromatic rings. The standard InChI is InChI=1S/C12H13FN4O/c1-8(18)17-11-6-9(2-3-10(11)13)16-7-12-14-4-5-15-12/h2-6,16H,7H2,1H3,(H,14,15)(H,17,18). The largest absolute Gasteiger partial charge is 0.378 e.